The number of phenols is 1. The topological polar surface area (TPSA) is 70.4 Å². The molecule has 3 aromatic rings. The van der Waals surface area contributed by atoms with Gasteiger partial charge in [0.2, 0.25) is 0 Å². The molecule has 0 unspecified atom stereocenters. The van der Waals surface area contributed by atoms with Crippen LogP contribution in [0.2, 0.25) is 5.02 Å². The minimum atomic E-state index is 0.133. The van der Waals surface area contributed by atoms with E-state index >= 15 is 0 Å². The van der Waals surface area contributed by atoms with Crippen molar-refractivity contribution >= 4 is 23.6 Å². The first-order valence-electron chi connectivity index (χ1n) is 7.31. The van der Waals surface area contributed by atoms with E-state index in [1.54, 1.807) is 36.5 Å². The second-order valence-electron chi connectivity index (χ2n) is 5.13. The molecule has 0 aliphatic carbocycles. The second kappa shape index (κ2) is 7.10. The average molecular weight is 339 g/mol. The number of hydrazone groups is 1. The summed E-state index contributed by atoms with van der Waals surface area (Å²) >= 11 is 6.08. The van der Waals surface area contributed by atoms with Crippen molar-refractivity contribution in [3.63, 3.8) is 0 Å². The van der Waals surface area contributed by atoms with Crippen LogP contribution in [-0.4, -0.2) is 21.3 Å². The molecule has 2 aromatic carbocycles. The number of benzene rings is 2. The molecule has 0 radical (unpaired) electrons. The number of aromatic nitrogens is 2. The fourth-order valence-corrected chi connectivity index (χ4v) is 2.34. The number of anilines is 1. The standard InChI is InChI=1S/C18H15ClN4O/c1-12-10-17(23-20-11-13-6-2-4-8-15(13)19)22-18(21-12)14-7-3-5-9-16(14)24/h2-11,24H,1H3,(H,21,22,23)/b20-11+. The van der Waals surface area contributed by atoms with Crippen LogP contribution in [0.5, 0.6) is 5.75 Å². The number of rotatable bonds is 4. The normalized spacial score (nSPS) is 10.9. The van der Waals surface area contributed by atoms with Gasteiger partial charge in [0.1, 0.15) is 5.75 Å². The summed E-state index contributed by atoms with van der Waals surface area (Å²) in [6.45, 7) is 1.86. The molecule has 0 spiro atoms. The van der Waals surface area contributed by atoms with Gasteiger partial charge in [-0.25, -0.2) is 9.97 Å². The summed E-state index contributed by atoms with van der Waals surface area (Å²) in [6.07, 6.45) is 1.62. The van der Waals surface area contributed by atoms with Crippen molar-refractivity contribution in [1.82, 2.24) is 9.97 Å². The Morgan fingerprint density at radius 1 is 1.08 bits per heavy atom. The molecule has 5 nitrogen and oxygen atoms in total. The molecular weight excluding hydrogens is 324 g/mol. The number of aryl methyl sites for hydroxylation is 1. The minimum absolute atomic E-state index is 0.133. The van der Waals surface area contributed by atoms with E-state index in [2.05, 4.69) is 20.5 Å². The molecule has 0 aliphatic rings. The van der Waals surface area contributed by atoms with Crippen molar-refractivity contribution < 1.29 is 5.11 Å². The number of hydrogen-bond donors (Lipinski definition) is 2. The number of phenolic OH excluding ortho intramolecular Hbond substituents is 1. The van der Waals surface area contributed by atoms with E-state index in [9.17, 15) is 5.11 Å². The van der Waals surface area contributed by atoms with Gasteiger partial charge in [-0.05, 0) is 25.1 Å². The predicted molar refractivity (Wildman–Crippen MR) is 96.5 cm³/mol. The van der Waals surface area contributed by atoms with Crippen molar-refractivity contribution in [1.29, 1.82) is 0 Å². The summed E-state index contributed by atoms with van der Waals surface area (Å²) < 4.78 is 0. The van der Waals surface area contributed by atoms with Crippen LogP contribution >= 0.6 is 11.6 Å². The smallest absolute Gasteiger partial charge is 0.165 e. The third-order valence-corrected chi connectivity index (χ3v) is 3.63. The highest BCUT2D eigenvalue weighted by Crippen LogP contribution is 2.26. The van der Waals surface area contributed by atoms with Crippen molar-refractivity contribution in [2.75, 3.05) is 5.43 Å². The lowest BCUT2D eigenvalue weighted by Crippen LogP contribution is -1.99. The zero-order chi connectivity index (χ0) is 16.9. The lowest BCUT2D eigenvalue weighted by Gasteiger charge is -2.07. The van der Waals surface area contributed by atoms with Gasteiger partial charge in [0.15, 0.2) is 11.6 Å². The summed E-state index contributed by atoms with van der Waals surface area (Å²) in [5, 5.41) is 14.7. The fraction of sp³-hybridized carbons (Fsp3) is 0.0556. The van der Waals surface area contributed by atoms with Crippen LogP contribution in [-0.2, 0) is 0 Å². The Bertz CT molecular complexity index is 896. The summed E-state index contributed by atoms with van der Waals surface area (Å²) in [6, 6.07) is 16.1. The number of halogens is 1. The van der Waals surface area contributed by atoms with Gasteiger partial charge in [-0.1, -0.05) is 41.9 Å². The van der Waals surface area contributed by atoms with Gasteiger partial charge in [-0.2, -0.15) is 5.10 Å². The molecule has 0 aliphatic heterocycles. The SMILES string of the molecule is Cc1cc(N/N=C/c2ccccc2Cl)nc(-c2ccccc2O)n1. The largest absolute Gasteiger partial charge is 0.507 e. The van der Waals surface area contributed by atoms with Gasteiger partial charge in [-0.3, -0.25) is 5.43 Å². The number of nitrogens with zero attached hydrogens (tertiary/aromatic N) is 3. The maximum atomic E-state index is 9.96. The Morgan fingerprint density at radius 3 is 2.62 bits per heavy atom. The van der Waals surface area contributed by atoms with Crippen LogP contribution in [0.15, 0.2) is 59.7 Å². The molecule has 3 rings (SSSR count). The monoisotopic (exact) mass is 338 g/mol. The molecule has 0 amide bonds. The lowest BCUT2D eigenvalue weighted by molar-refractivity contribution is 0.477. The molecule has 120 valence electrons. The third-order valence-electron chi connectivity index (χ3n) is 3.29. The van der Waals surface area contributed by atoms with Crippen LogP contribution < -0.4 is 5.43 Å². The Hall–Kier alpha value is -2.92. The number of hydrogen-bond acceptors (Lipinski definition) is 5. The highest BCUT2D eigenvalue weighted by Gasteiger charge is 2.08. The van der Waals surface area contributed by atoms with Gasteiger partial charge in [-0.15, -0.1) is 0 Å². The second-order valence-corrected chi connectivity index (χ2v) is 5.53. The molecular formula is C18H15ClN4O. The molecule has 6 heteroatoms. The van der Waals surface area contributed by atoms with Gasteiger partial charge >= 0.3 is 0 Å². The number of aromatic hydroxyl groups is 1. The van der Waals surface area contributed by atoms with E-state index in [0.717, 1.165) is 11.3 Å². The summed E-state index contributed by atoms with van der Waals surface area (Å²) in [5.74, 6) is 1.10. The number of nitrogens with one attached hydrogen (secondary N) is 1. The van der Waals surface area contributed by atoms with Crippen molar-refractivity contribution in [2.45, 2.75) is 6.92 Å². The maximum Gasteiger partial charge on any atom is 0.165 e. The van der Waals surface area contributed by atoms with E-state index in [-0.39, 0.29) is 5.75 Å². The van der Waals surface area contributed by atoms with E-state index in [4.69, 9.17) is 11.6 Å². The lowest BCUT2D eigenvalue weighted by atomic mass is 10.2. The van der Waals surface area contributed by atoms with Gasteiger partial charge < -0.3 is 5.11 Å². The average Bonchev–Trinajstić information content (AvgIpc) is 2.56. The zero-order valence-electron chi connectivity index (χ0n) is 12.9. The molecule has 0 saturated heterocycles. The van der Waals surface area contributed by atoms with Gasteiger partial charge in [0, 0.05) is 22.3 Å². The quantitative estimate of drug-likeness (QED) is 0.551. The minimum Gasteiger partial charge on any atom is -0.507 e. The first-order chi connectivity index (χ1) is 11.6. The van der Waals surface area contributed by atoms with Crippen LogP contribution in [0, 0.1) is 6.92 Å². The maximum absolute atomic E-state index is 9.96. The van der Waals surface area contributed by atoms with Crippen LogP contribution in [0.1, 0.15) is 11.3 Å². The van der Waals surface area contributed by atoms with E-state index in [0.29, 0.717) is 22.2 Å². The molecule has 0 bridgehead atoms. The van der Waals surface area contributed by atoms with Gasteiger partial charge in [0.05, 0.1) is 11.8 Å². The third kappa shape index (κ3) is 3.70. The first-order valence-corrected chi connectivity index (χ1v) is 7.69. The molecule has 0 atom stereocenters. The van der Waals surface area contributed by atoms with E-state index < -0.39 is 0 Å². The Labute approximate surface area is 144 Å². The highest BCUT2D eigenvalue weighted by molar-refractivity contribution is 6.33. The molecule has 0 fully saturated rings. The van der Waals surface area contributed by atoms with Crippen LogP contribution in [0.25, 0.3) is 11.4 Å². The Kier molecular flexibility index (Phi) is 4.72. The van der Waals surface area contributed by atoms with Crippen LogP contribution in [0.3, 0.4) is 0 Å². The Balaban J connectivity index is 1.85. The number of para-hydroxylation sites is 1. The van der Waals surface area contributed by atoms with E-state index in [1.807, 2.05) is 31.2 Å². The van der Waals surface area contributed by atoms with Crippen LogP contribution in [0.4, 0.5) is 5.82 Å². The molecule has 24 heavy (non-hydrogen) atoms. The van der Waals surface area contributed by atoms with Gasteiger partial charge in [0.25, 0.3) is 0 Å². The Morgan fingerprint density at radius 2 is 1.83 bits per heavy atom. The zero-order valence-corrected chi connectivity index (χ0v) is 13.7. The van der Waals surface area contributed by atoms with Crippen molar-refractivity contribution in [3.8, 4) is 17.1 Å². The summed E-state index contributed by atoms with van der Waals surface area (Å²) in [7, 11) is 0. The van der Waals surface area contributed by atoms with E-state index in [1.165, 1.54) is 0 Å². The molecule has 1 heterocycles. The molecule has 1 aromatic heterocycles. The van der Waals surface area contributed by atoms with Crippen molar-refractivity contribution in [2.24, 2.45) is 5.10 Å². The predicted octanol–water partition coefficient (Wildman–Crippen LogP) is 4.26. The summed E-state index contributed by atoms with van der Waals surface area (Å²) in [5.41, 5.74) is 5.00. The first kappa shape index (κ1) is 16.0. The highest BCUT2D eigenvalue weighted by atomic mass is 35.5. The summed E-state index contributed by atoms with van der Waals surface area (Å²) in [4.78, 5) is 8.75. The molecule has 0 saturated carbocycles. The fourth-order valence-electron chi connectivity index (χ4n) is 2.16. The molecule has 2 N–H and O–H groups in total. The van der Waals surface area contributed by atoms with Crippen molar-refractivity contribution in [3.05, 3.63) is 70.9 Å².